The van der Waals surface area contributed by atoms with Crippen LogP contribution in [-0.4, -0.2) is 14.3 Å². The Morgan fingerprint density at radius 3 is 2.19 bits per heavy atom. The van der Waals surface area contributed by atoms with Crippen molar-refractivity contribution in [2.24, 2.45) is 0 Å². The normalized spacial score (nSPS) is 12.6. The molecule has 0 bridgehead atoms. The fourth-order valence-corrected chi connectivity index (χ4v) is 1.39. The third-order valence-electron chi connectivity index (χ3n) is 3.13. The van der Waals surface area contributed by atoms with Crippen LogP contribution in [-0.2, 0) is 14.3 Å². The molecule has 0 aromatic carbocycles. The standard InChI is InChI=1S/C12H26O3Si/c1-7-8-9-10-11(13)14-15-16(5,6)12(2,3)4/h7-10H2,1-6H3. The first-order valence-corrected chi connectivity index (χ1v) is 9.00. The lowest BCUT2D eigenvalue weighted by Gasteiger charge is -2.33. The summed E-state index contributed by atoms with van der Waals surface area (Å²) in [6.07, 6.45) is 3.52. The number of hydrogen-bond donors (Lipinski definition) is 0. The Bertz CT molecular complexity index is 219. The Morgan fingerprint density at radius 1 is 1.19 bits per heavy atom. The molecule has 0 radical (unpaired) electrons. The van der Waals surface area contributed by atoms with E-state index in [-0.39, 0.29) is 11.0 Å². The van der Waals surface area contributed by atoms with E-state index >= 15 is 0 Å². The van der Waals surface area contributed by atoms with Gasteiger partial charge in [0.15, 0.2) is 0 Å². The van der Waals surface area contributed by atoms with Crippen molar-refractivity contribution in [2.75, 3.05) is 0 Å². The zero-order valence-electron chi connectivity index (χ0n) is 11.6. The summed E-state index contributed by atoms with van der Waals surface area (Å²) >= 11 is 0. The van der Waals surface area contributed by atoms with E-state index in [4.69, 9.17) is 9.46 Å². The smallest absolute Gasteiger partial charge is 0.310 e. The summed E-state index contributed by atoms with van der Waals surface area (Å²) in [5, 5.41) is 0.0662. The molecule has 0 aromatic heterocycles. The molecule has 16 heavy (non-hydrogen) atoms. The van der Waals surface area contributed by atoms with Crippen LogP contribution in [0.15, 0.2) is 0 Å². The average molecular weight is 246 g/mol. The molecule has 0 unspecified atom stereocenters. The van der Waals surface area contributed by atoms with Gasteiger partial charge in [0.1, 0.15) is 0 Å². The summed E-state index contributed by atoms with van der Waals surface area (Å²) in [7, 11) is -1.96. The second kappa shape index (κ2) is 6.40. The van der Waals surface area contributed by atoms with Crippen molar-refractivity contribution >= 4 is 14.3 Å². The van der Waals surface area contributed by atoms with Gasteiger partial charge in [0.2, 0.25) is 0 Å². The maximum Gasteiger partial charge on any atom is 0.340 e. The van der Waals surface area contributed by atoms with E-state index in [1.165, 1.54) is 0 Å². The molecule has 0 saturated carbocycles. The zero-order chi connectivity index (χ0) is 12.8. The molecule has 3 nitrogen and oxygen atoms in total. The molecule has 0 rings (SSSR count). The molecule has 4 heteroatoms. The number of unbranched alkanes of at least 4 members (excludes halogenated alkanes) is 2. The van der Waals surface area contributed by atoms with E-state index in [2.05, 4.69) is 40.8 Å². The van der Waals surface area contributed by atoms with Crippen LogP contribution in [0.1, 0.15) is 53.4 Å². The summed E-state index contributed by atoms with van der Waals surface area (Å²) in [5.41, 5.74) is 0. The molecule has 0 amide bonds. The molecule has 0 fully saturated rings. The van der Waals surface area contributed by atoms with E-state index in [0.29, 0.717) is 6.42 Å². The van der Waals surface area contributed by atoms with E-state index in [1.54, 1.807) is 0 Å². The molecule has 0 atom stereocenters. The van der Waals surface area contributed by atoms with E-state index in [0.717, 1.165) is 19.3 Å². The highest BCUT2D eigenvalue weighted by atomic mass is 28.4. The summed E-state index contributed by atoms with van der Waals surface area (Å²) in [5.74, 6) is -0.238. The summed E-state index contributed by atoms with van der Waals surface area (Å²) in [6, 6.07) is 0. The van der Waals surface area contributed by atoms with Gasteiger partial charge in [-0.1, -0.05) is 40.5 Å². The van der Waals surface area contributed by atoms with Gasteiger partial charge >= 0.3 is 5.97 Å². The molecular weight excluding hydrogens is 220 g/mol. The minimum absolute atomic E-state index is 0.0662. The Morgan fingerprint density at radius 2 is 1.75 bits per heavy atom. The van der Waals surface area contributed by atoms with Crippen LogP contribution in [0.25, 0.3) is 0 Å². The number of carbonyl (C=O) groups excluding carboxylic acids is 1. The van der Waals surface area contributed by atoms with Crippen LogP contribution in [0, 0.1) is 0 Å². The molecule has 0 spiro atoms. The average Bonchev–Trinajstić information content (AvgIpc) is 2.13. The van der Waals surface area contributed by atoms with Crippen molar-refractivity contribution in [3.8, 4) is 0 Å². The first-order valence-electron chi connectivity index (χ1n) is 6.09. The molecule has 0 saturated heterocycles. The molecular formula is C12H26O3Si. The van der Waals surface area contributed by atoms with Gasteiger partial charge in [-0.3, -0.25) is 0 Å². The SMILES string of the molecule is CCCCCC(=O)OO[Si](C)(C)C(C)(C)C. The fourth-order valence-electron chi connectivity index (χ4n) is 0.837. The van der Waals surface area contributed by atoms with Crippen molar-refractivity contribution < 1.29 is 14.3 Å². The van der Waals surface area contributed by atoms with Crippen molar-refractivity contribution in [2.45, 2.75) is 71.5 Å². The number of rotatable bonds is 6. The highest BCUT2D eigenvalue weighted by molar-refractivity contribution is 6.73. The van der Waals surface area contributed by atoms with Gasteiger partial charge in [-0.25, -0.2) is 9.37 Å². The molecule has 0 aromatic rings. The van der Waals surface area contributed by atoms with Crippen LogP contribution in [0.2, 0.25) is 18.1 Å². The van der Waals surface area contributed by atoms with Crippen LogP contribution in [0.3, 0.4) is 0 Å². The van der Waals surface area contributed by atoms with Gasteiger partial charge < -0.3 is 4.89 Å². The summed E-state index contributed by atoms with van der Waals surface area (Å²) in [4.78, 5) is 16.3. The lowest BCUT2D eigenvalue weighted by Crippen LogP contribution is -2.41. The molecule has 0 heterocycles. The van der Waals surface area contributed by atoms with Crippen molar-refractivity contribution in [3.05, 3.63) is 0 Å². The Balaban J connectivity index is 3.92. The molecule has 0 aliphatic rings. The largest absolute Gasteiger partial charge is 0.340 e. The van der Waals surface area contributed by atoms with Gasteiger partial charge in [-0.15, -0.1) is 0 Å². The van der Waals surface area contributed by atoms with E-state index in [1.807, 2.05) is 0 Å². The summed E-state index contributed by atoms with van der Waals surface area (Å²) < 4.78 is 5.38. The van der Waals surface area contributed by atoms with Crippen molar-refractivity contribution in [1.29, 1.82) is 0 Å². The monoisotopic (exact) mass is 246 g/mol. The topological polar surface area (TPSA) is 35.5 Å². The van der Waals surface area contributed by atoms with Gasteiger partial charge in [-0.05, 0) is 24.6 Å². The highest BCUT2D eigenvalue weighted by Gasteiger charge is 2.40. The maximum atomic E-state index is 11.4. The van der Waals surface area contributed by atoms with Gasteiger partial charge in [0.25, 0.3) is 8.32 Å². The second-order valence-electron chi connectivity index (χ2n) is 5.76. The quantitative estimate of drug-likeness (QED) is 0.307. The first-order chi connectivity index (χ1) is 7.20. The molecule has 0 aliphatic carbocycles. The van der Waals surface area contributed by atoms with Gasteiger partial charge in [0.05, 0.1) is 0 Å². The van der Waals surface area contributed by atoms with E-state index < -0.39 is 8.32 Å². The first kappa shape index (κ1) is 15.6. The molecule has 0 aliphatic heterocycles. The van der Waals surface area contributed by atoms with Crippen molar-refractivity contribution in [1.82, 2.24) is 0 Å². The third kappa shape index (κ3) is 5.65. The van der Waals surface area contributed by atoms with Crippen molar-refractivity contribution in [3.63, 3.8) is 0 Å². The van der Waals surface area contributed by atoms with Gasteiger partial charge in [0, 0.05) is 6.42 Å². The Hall–Kier alpha value is -0.353. The van der Waals surface area contributed by atoms with Crippen LogP contribution < -0.4 is 0 Å². The predicted molar refractivity (Wildman–Crippen MR) is 68.5 cm³/mol. The lowest BCUT2D eigenvalue weighted by molar-refractivity contribution is -0.221. The minimum atomic E-state index is -1.96. The number of hydrogen-bond acceptors (Lipinski definition) is 3. The van der Waals surface area contributed by atoms with Crippen LogP contribution >= 0.6 is 0 Å². The predicted octanol–water partition coefficient (Wildman–Crippen LogP) is 4.05. The Labute approximate surface area is 101 Å². The zero-order valence-corrected chi connectivity index (χ0v) is 12.6. The molecule has 96 valence electrons. The van der Waals surface area contributed by atoms with Crippen LogP contribution in [0.5, 0.6) is 0 Å². The Kier molecular flexibility index (Phi) is 6.26. The van der Waals surface area contributed by atoms with Gasteiger partial charge in [-0.2, -0.15) is 0 Å². The second-order valence-corrected chi connectivity index (χ2v) is 10.4. The lowest BCUT2D eigenvalue weighted by atomic mass is 10.2. The minimum Gasteiger partial charge on any atom is -0.310 e. The number of carbonyl (C=O) groups is 1. The molecule has 0 N–H and O–H groups in total. The summed E-state index contributed by atoms with van der Waals surface area (Å²) in [6.45, 7) is 12.6. The highest BCUT2D eigenvalue weighted by Crippen LogP contribution is 2.36. The maximum absolute atomic E-state index is 11.4. The third-order valence-corrected chi connectivity index (χ3v) is 7.25. The van der Waals surface area contributed by atoms with E-state index in [9.17, 15) is 4.79 Å². The fraction of sp³-hybridized carbons (Fsp3) is 0.917. The van der Waals surface area contributed by atoms with Crippen LogP contribution in [0.4, 0.5) is 0 Å².